The molecule has 6 nitrogen and oxygen atoms in total. The predicted molar refractivity (Wildman–Crippen MR) is 92.8 cm³/mol. The summed E-state index contributed by atoms with van der Waals surface area (Å²) in [5.41, 5.74) is 7.08. The number of rotatable bonds is 6. The molecule has 24 heavy (non-hydrogen) atoms. The molecular weight excluding hydrogens is 306 g/mol. The lowest BCUT2D eigenvalue weighted by atomic mass is 10.2. The van der Waals surface area contributed by atoms with Crippen LogP contribution in [0.5, 0.6) is 23.1 Å². The maximum absolute atomic E-state index is 5.91. The number of nitrogens with two attached hydrogens (primary N) is 1. The second-order valence-corrected chi connectivity index (χ2v) is 5.03. The maximum Gasteiger partial charge on any atom is 0.233 e. The molecule has 3 aromatic rings. The van der Waals surface area contributed by atoms with Crippen molar-refractivity contribution in [2.75, 3.05) is 18.9 Å². The van der Waals surface area contributed by atoms with Gasteiger partial charge in [0.2, 0.25) is 5.88 Å². The Hall–Kier alpha value is -3.02. The lowest BCUT2D eigenvalue weighted by molar-refractivity contribution is 0.325. The topological polar surface area (TPSA) is 79.5 Å². The highest BCUT2D eigenvalue weighted by Gasteiger charge is 2.14. The van der Waals surface area contributed by atoms with Crippen LogP contribution in [0.15, 0.2) is 42.7 Å². The van der Waals surface area contributed by atoms with Crippen molar-refractivity contribution in [3.05, 3.63) is 42.7 Å². The molecule has 0 aliphatic carbocycles. The van der Waals surface area contributed by atoms with E-state index in [-0.39, 0.29) is 0 Å². The first-order valence-corrected chi connectivity index (χ1v) is 7.79. The minimum absolute atomic E-state index is 0.427. The van der Waals surface area contributed by atoms with E-state index in [1.807, 2.05) is 26.0 Å². The number of fused-ring (bicyclic) bond motifs is 1. The first kappa shape index (κ1) is 15.9. The molecule has 6 heteroatoms. The van der Waals surface area contributed by atoms with Crippen molar-refractivity contribution in [2.24, 2.45) is 0 Å². The van der Waals surface area contributed by atoms with Crippen LogP contribution in [0.4, 0.5) is 5.69 Å². The fourth-order valence-corrected chi connectivity index (χ4v) is 2.35. The maximum atomic E-state index is 5.91. The highest BCUT2D eigenvalue weighted by atomic mass is 16.5. The molecule has 1 heterocycles. The number of anilines is 1. The van der Waals surface area contributed by atoms with E-state index in [0.717, 1.165) is 0 Å². The van der Waals surface area contributed by atoms with Gasteiger partial charge in [-0.3, -0.25) is 0 Å². The summed E-state index contributed by atoms with van der Waals surface area (Å²) >= 11 is 0. The number of nitrogens with zero attached hydrogens (tertiary/aromatic N) is 2. The summed E-state index contributed by atoms with van der Waals surface area (Å²) in [4.78, 5) is 8.57. The van der Waals surface area contributed by atoms with Crippen molar-refractivity contribution in [3.63, 3.8) is 0 Å². The molecule has 0 atom stereocenters. The summed E-state index contributed by atoms with van der Waals surface area (Å²) < 4.78 is 17.2. The summed E-state index contributed by atoms with van der Waals surface area (Å²) in [6.45, 7) is 4.93. The molecule has 0 saturated carbocycles. The van der Waals surface area contributed by atoms with Gasteiger partial charge in [-0.05, 0) is 38.1 Å². The van der Waals surface area contributed by atoms with Crippen LogP contribution in [0.3, 0.4) is 0 Å². The van der Waals surface area contributed by atoms with E-state index in [2.05, 4.69) is 9.97 Å². The minimum atomic E-state index is 0.427. The first-order valence-electron chi connectivity index (χ1n) is 7.79. The molecule has 0 spiro atoms. The third kappa shape index (κ3) is 3.32. The molecule has 1 aromatic heterocycles. The summed E-state index contributed by atoms with van der Waals surface area (Å²) in [6, 6.07) is 10.8. The molecule has 0 bridgehead atoms. The fraction of sp³-hybridized carbons (Fsp3) is 0.222. The number of aromatic nitrogens is 2. The zero-order valence-electron chi connectivity index (χ0n) is 13.7. The van der Waals surface area contributed by atoms with Gasteiger partial charge >= 0.3 is 0 Å². The third-order valence-electron chi connectivity index (χ3n) is 3.35. The monoisotopic (exact) mass is 325 g/mol. The van der Waals surface area contributed by atoms with Crippen molar-refractivity contribution in [3.8, 4) is 23.1 Å². The normalized spacial score (nSPS) is 10.6. The summed E-state index contributed by atoms with van der Waals surface area (Å²) in [7, 11) is 0. The number of ether oxygens (including phenoxy) is 3. The molecule has 0 radical (unpaired) electrons. The SMILES string of the molecule is CCOc1cc(OCC)c2c(Oc3ccc(N)cc3)ncnc2c1. The standard InChI is InChI=1S/C18H19N3O3/c1-3-22-14-9-15-17(16(10-14)23-4-2)18(21-11-20-15)24-13-7-5-12(19)6-8-13/h5-11H,3-4,19H2,1-2H3. The number of hydrogen-bond acceptors (Lipinski definition) is 6. The van der Waals surface area contributed by atoms with Crippen LogP contribution in [0, 0.1) is 0 Å². The molecule has 3 rings (SSSR count). The Morgan fingerprint density at radius 3 is 2.38 bits per heavy atom. The van der Waals surface area contributed by atoms with Crippen LogP contribution in [0.25, 0.3) is 10.9 Å². The molecule has 2 aromatic carbocycles. The van der Waals surface area contributed by atoms with Gasteiger partial charge in [0, 0.05) is 17.8 Å². The minimum Gasteiger partial charge on any atom is -0.494 e. The van der Waals surface area contributed by atoms with Gasteiger partial charge in [0.05, 0.1) is 18.7 Å². The van der Waals surface area contributed by atoms with Crippen molar-refractivity contribution in [1.29, 1.82) is 0 Å². The molecule has 0 saturated heterocycles. The van der Waals surface area contributed by atoms with Gasteiger partial charge in [-0.15, -0.1) is 0 Å². The molecule has 0 unspecified atom stereocenters. The summed E-state index contributed by atoms with van der Waals surface area (Å²) in [5, 5.41) is 0.708. The van der Waals surface area contributed by atoms with Crippen LogP contribution in [-0.2, 0) is 0 Å². The van der Waals surface area contributed by atoms with Crippen molar-refractivity contribution in [2.45, 2.75) is 13.8 Å². The van der Waals surface area contributed by atoms with Gasteiger partial charge in [-0.2, -0.15) is 0 Å². The van der Waals surface area contributed by atoms with Gasteiger partial charge in [0.15, 0.2) is 0 Å². The summed E-state index contributed by atoms with van der Waals surface area (Å²) in [5.74, 6) is 2.40. The van der Waals surface area contributed by atoms with Gasteiger partial charge < -0.3 is 19.9 Å². The van der Waals surface area contributed by atoms with E-state index in [0.29, 0.717) is 52.9 Å². The van der Waals surface area contributed by atoms with Crippen molar-refractivity contribution < 1.29 is 14.2 Å². The van der Waals surface area contributed by atoms with Crippen molar-refractivity contribution >= 4 is 16.6 Å². The molecule has 124 valence electrons. The first-order chi connectivity index (χ1) is 11.7. The Balaban J connectivity index is 2.08. The number of nitrogen functional groups attached to an aromatic ring is 1. The smallest absolute Gasteiger partial charge is 0.233 e. The molecule has 0 aliphatic heterocycles. The van der Waals surface area contributed by atoms with Crippen LogP contribution in [-0.4, -0.2) is 23.2 Å². The fourth-order valence-electron chi connectivity index (χ4n) is 2.35. The predicted octanol–water partition coefficient (Wildman–Crippen LogP) is 3.80. The zero-order valence-corrected chi connectivity index (χ0v) is 13.7. The quantitative estimate of drug-likeness (QED) is 0.694. The Kier molecular flexibility index (Phi) is 4.65. The van der Waals surface area contributed by atoms with Gasteiger partial charge in [0.1, 0.15) is 29.0 Å². The van der Waals surface area contributed by atoms with E-state index in [9.17, 15) is 0 Å². The highest BCUT2D eigenvalue weighted by Crippen LogP contribution is 2.37. The Bertz CT molecular complexity index is 835. The van der Waals surface area contributed by atoms with Crippen LogP contribution in [0.1, 0.15) is 13.8 Å². The van der Waals surface area contributed by atoms with Crippen LogP contribution < -0.4 is 19.9 Å². The van der Waals surface area contributed by atoms with E-state index in [1.165, 1.54) is 6.33 Å². The van der Waals surface area contributed by atoms with Crippen LogP contribution in [0.2, 0.25) is 0 Å². The Morgan fingerprint density at radius 2 is 1.67 bits per heavy atom. The highest BCUT2D eigenvalue weighted by molar-refractivity contribution is 5.91. The summed E-state index contributed by atoms with van der Waals surface area (Å²) in [6.07, 6.45) is 1.46. The average Bonchev–Trinajstić information content (AvgIpc) is 2.57. The van der Waals surface area contributed by atoms with E-state index >= 15 is 0 Å². The molecule has 2 N–H and O–H groups in total. The van der Waals surface area contributed by atoms with Gasteiger partial charge in [-0.1, -0.05) is 0 Å². The number of hydrogen-bond donors (Lipinski definition) is 1. The van der Waals surface area contributed by atoms with E-state index < -0.39 is 0 Å². The van der Waals surface area contributed by atoms with E-state index in [1.54, 1.807) is 24.3 Å². The lowest BCUT2D eigenvalue weighted by Crippen LogP contribution is -1.99. The molecule has 0 fully saturated rings. The Morgan fingerprint density at radius 1 is 0.917 bits per heavy atom. The van der Waals surface area contributed by atoms with Gasteiger partial charge in [0.25, 0.3) is 0 Å². The van der Waals surface area contributed by atoms with Gasteiger partial charge in [-0.25, -0.2) is 9.97 Å². The number of benzene rings is 2. The second kappa shape index (κ2) is 7.04. The average molecular weight is 325 g/mol. The molecular formula is C18H19N3O3. The lowest BCUT2D eigenvalue weighted by Gasteiger charge is -2.13. The molecule has 0 aliphatic rings. The van der Waals surface area contributed by atoms with E-state index in [4.69, 9.17) is 19.9 Å². The molecule has 0 amide bonds. The third-order valence-corrected chi connectivity index (χ3v) is 3.35. The van der Waals surface area contributed by atoms with Crippen molar-refractivity contribution in [1.82, 2.24) is 9.97 Å². The van der Waals surface area contributed by atoms with Crippen LogP contribution >= 0.6 is 0 Å². The zero-order chi connectivity index (χ0) is 16.9. The largest absolute Gasteiger partial charge is 0.494 e. The Labute approximate surface area is 140 Å². The second-order valence-electron chi connectivity index (χ2n) is 5.03.